The highest BCUT2D eigenvalue weighted by atomic mass is 16.5. The summed E-state index contributed by atoms with van der Waals surface area (Å²) in [6, 6.07) is 25.7. The van der Waals surface area contributed by atoms with Crippen molar-refractivity contribution in [3.05, 3.63) is 120 Å². The van der Waals surface area contributed by atoms with Gasteiger partial charge >= 0.3 is 0 Å². The lowest BCUT2D eigenvalue weighted by Crippen LogP contribution is -2.36. The van der Waals surface area contributed by atoms with Crippen LogP contribution < -0.4 is 9.47 Å². The molecule has 0 saturated carbocycles. The van der Waals surface area contributed by atoms with Crippen molar-refractivity contribution in [2.75, 3.05) is 20.8 Å². The molecule has 0 aliphatic carbocycles. The summed E-state index contributed by atoms with van der Waals surface area (Å²) in [5, 5.41) is 0. The smallest absolute Gasteiger partial charge is 0.162 e. The van der Waals surface area contributed by atoms with E-state index in [1.54, 1.807) is 20.3 Å². The second-order valence-corrected chi connectivity index (χ2v) is 11.8. The number of carbonyl (C=O) groups is 1. The van der Waals surface area contributed by atoms with Crippen LogP contribution in [-0.4, -0.2) is 44.9 Å². The molecule has 3 atom stereocenters. The van der Waals surface area contributed by atoms with Crippen LogP contribution in [0.5, 0.6) is 11.5 Å². The van der Waals surface area contributed by atoms with Crippen molar-refractivity contribution in [3.8, 4) is 11.5 Å². The Morgan fingerprint density at radius 1 is 0.822 bits per heavy atom. The third-order valence-electron chi connectivity index (χ3n) is 7.82. The highest BCUT2D eigenvalue weighted by Gasteiger charge is 2.33. The molecule has 1 aliphatic rings. The molecule has 0 N–H and O–H groups in total. The molecule has 45 heavy (non-hydrogen) atoms. The fraction of sp³-hybridized carbons (Fsp3) is 0.395. The number of rotatable bonds is 17. The van der Waals surface area contributed by atoms with Gasteiger partial charge in [-0.2, -0.15) is 0 Å². The topological polar surface area (TPSA) is 72.5 Å². The molecule has 0 spiro atoms. The van der Waals surface area contributed by atoms with Gasteiger partial charge in [-0.1, -0.05) is 66.7 Å². The Balaban J connectivity index is 1.36. The molecule has 0 amide bonds. The third-order valence-corrected chi connectivity index (χ3v) is 7.82. The second kappa shape index (κ2) is 17.0. The Hall–Kier alpha value is -3.91. The standard InChI is InChI=1S/C38H46O7/c1-28(43-26-29-10-7-6-8-11-29)36(44-27-31-14-18-34(41-5)19-15-31)24-35-22-32(39)23-37(45-35)38(2,3)20-9-21-42-25-30-12-16-33(40-4)17-13-30/h6-20,23,28,35-36H,21-22,24-27H2,1-5H3/b20-9+/t28-,35?,36-/m1/s1. The highest BCUT2D eigenvalue weighted by molar-refractivity contribution is 5.91. The molecular weight excluding hydrogens is 568 g/mol. The molecule has 0 fully saturated rings. The molecule has 4 rings (SSSR count). The summed E-state index contributed by atoms with van der Waals surface area (Å²) in [6.07, 6.45) is 5.59. The third kappa shape index (κ3) is 10.9. The minimum Gasteiger partial charge on any atom is -0.497 e. The summed E-state index contributed by atoms with van der Waals surface area (Å²) in [5.41, 5.74) is 2.69. The van der Waals surface area contributed by atoms with Gasteiger partial charge < -0.3 is 28.4 Å². The van der Waals surface area contributed by atoms with Crippen molar-refractivity contribution in [1.29, 1.82) is 0 Å². The first-order valence-electron chi connectivity index (χ1n) is 15.5. The normalized spacial score (nSPS) is 16.6. The van der Waals surface area contributed by atoms with E-state index >= 15 is 0 Å². The maximum atomic E-state index is 12.9. The Kier molecular flexibility index (Phi) is 12.8. The van der Waals surface area contributed by atoms with Gasteiger partial charge in [-0.3, -0.25) is 4.79 Å². The zero-order chi connectivity index (χ0) is 32.1. The number of ether oxygens (including phenoxy) is 6. The molecule has 0 radical (unpaired) electrons. The molecule has 1 unspecified atom stereocenters. The molecule has 0 aromatic heterocycles. The SMILES string of the molecule is COc1ccc(COC/C=C/C(C)(C)C2=CC(=O)CC(C[C@@H](OCc3ccc(OC)cc3)[C@@H](C)OCc3ccccc3)O2)cc1. The van der Waals surface area contributed by atoms with Crippen LogP contribution in [0.3, 0.4) is 0 Å². The summed E-state index contributed by atoms with van der Waals surface area (Å²) in [6.45, 7) is 7.91. The van der Waals surface area contributed by atoms with Gasteiger partial charge in [0.2, 0.25) is 0 Å². The van der Waals surface area contributed by atoms with Gasteiger partial charge in [0.25, 0.3) is 0 Å². The van der Waals surface area contributed by atoms with Crippen LogP contribution in [0.15, 0.2) is 103 Å². The average molecular weight is 615 g/mol. The largest absolute Gasteiger partial charge is 0.497 e. The van der Waals surface area contributed by atoms with Crippen LogP contribution in [0.25, 0.3) is 0 Å². The van der Waals surface area contributed by atoms with E-state index in [4.69, 9.17) is 28.4 Å². The number of benzene rings is 3. The van der Waals surface area contributed by atoms with E-state index in [0.717, 1.165) is 28.2 Å². The van der Waals surface area contributed by atoms with Crippen LogP contribution in [0, 0.1) is 5.41 Å². The van der Waals surface area contributed by atoms with Gasteiger partial charge in [0.15, 0.2) is 5.78 Å². The first-order valence-corrected chi connectivity index (χ1v) is 15.5. The Bertz CT molecular complexity index is 1380. The molecule has 3 aromatic carbocycles. The monoisotopic (exact) mass is 614 g/mol. The first kappa shape index (κ1) is 34.0. The van der Waals surface area contributed by atoms with E-state index in [9.17, 15) is 4.79 Å². The highest BCUT2D eigenvalue weighted by Crippen LogP contribution is 2.35. The molecule has 240 valence electrons. The van der Waals surface area contributed by atoms with Crippen molar-refractivity contribution in [2.45, 2.75) is 71.7 Å². The molecule has 0 saturated heterocycles. The van der Waals surface area contributed by atoms with Crippen molar-refractivity contribution in [3.63, 3.8) is 0 Å². The minimum absolute atomic E-state index is 0.0465. The Morgan fingerprint density at radius 3 is 2.02 bits per heavy atom. The van der Waals surface area contributed by atoms with Gasteiger partial charge in [-0.25, -0.2) is 0 Å². The lowest BCUT2D eigenvalue weighted by atomic mass is 9.87. The van der Waals surface area contributed by atoms with Gasteiger partial charge in [0.1, 0.15) is 23.4 Å². The van der Waals surface area contributed by atoms with E-state index in [0.29, 0.717) is 45.0 Å². The Labute approximate surface area is 267 Å². The maximum absolute atomic E-state index is 12.9. The predicted molar refractivity (Wildman–Crippen MR) is 175 cm³/mol. The van der Waals surface area contributed by atoms with Crippen molar-refractivity contribution < 1.29 is 33.2 Å². The van der Waals surface area contributed by atoms with Crippen LogP contribution in [0.4, 0.5) is 0 Å². The fourth-order valence-corrected chi connectivity index (χ4v) is 5.03. The molecule has 3 aromatic rings. The summed E-state index contributed by atoms with van der Waals surface area (Å²) < 4.78 is 35.5. The van der Waals surface area contributed by atoms with Crippen LogP contribution in [0.1, 0.15) is 50.3 Å². The summed E-state index contributed by atoms with van der Waals surface area (Å²) >= 11 is 0. The zero-order valence-electron chi connectivity index (χ0n) is 27.1. The lowest BCUT2D eigenvalue weighted by Gasteiger charge is -2.34. The average Bonchev–Trinajstić information content (AvgIpc) is 3.06. The number of methoxy groups -OCH3 is 2. The van der Waals surface area contributed by atoms with E-state index in [1.165, 1.54) is 0 Å². The van der Waals surface area contributed by atoms with Crippen molar-refractivity contribution in [1.82, 2.24) is 0 Å². The van der Waals surface area contributed by atoms with E-state index in [1.807, 2.05) is 112 Å². The van der Waals surface area contributed by atoms with E-state index < -0.39 is 5.41 Å². The van der Waals surface area contributed by atoms with Crippen LogP contribution in [-0.2, 0) is 43.6 Å². The van der Waals surface area contributed by atoms with Gasteiger partial charge in [-0.15, -0.1) is 0 Å². The van der Waals surface area contributed by atoms with Crippen molar-refractivity contribution in [2.24, 2.45) is 5.41 Å². The number of allylic oxidation sites excluding steroid dienone is 2. The molecule has 1 aliphatic heterocycles. The number of ketones is 1. The Morgan fingerprint density at radius 2 is 1.40 bits per heavy atom. The van der Waals surface area contributed by atoms with E-state index in [2.05, 4.69) is 0 Å². The zero-order valence-corrected chi connectivity index (χ0v) is 27.1. The van der Waals surface area contributed by atoms with Gasteiger partial charge in [0.05, 0.1) is 52.9 Å². The summed E-state index contributed by atoms with van der Waals surface area (Å²) in [4.78, 5) is 12.9. The fourth-order valence-electron chi connectivity index (χ4n) is 5.03. The van der Waals surface area contributed by atoms with Gasteiger partial charge in [0, 0.05) is 24.3 Å². The van der Waals surface area contributed by atoms with Crippen molar-refractivity contribution >= 4 is 5.78 Å². The van der Waals surface area contributed by atoms with Gasteiger partial charge in [-0.05, 0) is 61.7 Å². The van der Waals surface area contributed by atoms with Crippen LogP contribution >= 0.6 is 0 Å². The molecule has 0 bridgehead atoms. The molecule has 7 heteroatoms. The first-order chi connectivity index (χ1) is 21.8. The molecular formula is C38H46O7. The molecule has 1 heterocycles. The second-order valence-electron chi connectivity index (χ2n) is 11.8. The maximum Gasteiger partial charge on any atom is 0.162 e. The predicted octanol–water partition coefficient (Wildman–Crippen LogP) is 7.63. The summed E-state index contributed by atoms with van der Waals surface area (Å²) in [7, 11) is 3.30. The number of carbonyl (C=O) groups excluding carboxylic acids is 1. The van der Waals surface area contributed by atoms with E-state index in [-0.39, 0.29) is 24.1 Å². The summed E-state index contributed by atoms with van der Waals surface area (Å²) in [5.74, 6) is 2.30. The number of hydrogen-bond acceptors (Lipinski definition) is 7. The quantitative estimate of drug-likeness (QED) is 0.114. The minimum atomic E-state index is -0.493. The lowest BCUT2D eigenvalue weighted by molar-refractivity contribution is -0.123. The van der Waals surface area contributed by atoms with Crippen LogP contribution in [0.2, 0.25) is 0 Å². The number of hydrogen-bond donors (Lipinski definition) is 0. The molecule has 7 nitrogen and oxygen atoms in total.